The SMILES string of the molecule is CCCN(CC(=O)O)Cc1cnc(N(CC)CC)s1. The summed E-state index contributed by atoms with van der Waals surface area (Å²) in [6, 6.07) is 0. The Hall–Kier alpha value is -1.14. The first kappa shape index (κ1) is 15.9. The van der Waals surface area contributed by atoms with Crippen LogP contribution in [0.5, 0.6) is 0 Å². The highest BCUT2D eigenvalue weighted by Gasteiger charge is 2.13. The minimum Gasteiger partial charge on any atom is -0.480 e. The third-order valence-electron chi connectivity index (χ3n) is 2.85. The van der Waals surface area contributed by atoms with E-state index < -0.39 is 5.97 Å². The van der Waals surface area contributed by atoms with E-state index in [9.17, 15) is 4.79 Å². The molecule has 1 N–H and O–H groups in total. The lowest BCUT2D eigenvalue weighted by atomic mass is 10.3. The lowest BCUT2D eigenvalue weighted by Crippen LogP contribution is -2.29. The zero-order chi connectivity index (χ0) is 14.3. The van der Waals surface area contributed by atoms with Crippen molar-refractivity contribution < 1.29 is 9.90 Å². The zero-order valence-electron chi connectivity index (χ0n) is 11.9. The smallest absolute Gasteiger partial charge is 0.317 e. The van der Waals surface area contributed by atoms with Crippen molar-refractivity contribution >= 4 is 22.4 Å². The largest absolute Gasteiger partial charge is 0.480 e. The molecule has 0 atom stereocenters. The zero-order valence-corrected chi connectivity index (χ0v) is 12.7. The molecule has 6 heteroatoms. The van der Waals surface area contributed by atoms with Gasteiger partial charge in [0.25, 0.3) is 0 Å². The van der Waals surface area contributed by atoms with Gasteiger partial charge >= 0.3 is 5.97 Å². The Labute approximate surface area is 118 Å². The molecule has 0 aliphatic rings. The van der Waals surface area contributed by atoms with Crippen LogP contribution in [-0.2, 0) is 11.3 Å². The van der Waals surface area contributed by atoms with Crippen LogP contribution in [0.25, 0.3) is 0 Å². The van der Waals surface area contributed by atoms with Gasteiger partial charge < -0.3 is 10.0 Å². The van der Waals surface area contributed by atoms with Crippen LogP contribution in [0.3, 0.4) is 0 Å². The molecule has 0 aliphatic heterocycles. The quantitative estimate of drug-likeness (QED) is 0.754. The highest BCUT2D eigenvalue weighted by molar-refractivity contribution is 7.15. The molecule has 0 saturated heterocycles. The molecule has 0 amide bonds. The molecule has 0 spiro atoms. The molecule has 19 heavy (non-hydrogen) atoms. The summed E-state index contributed by atoms with van der Waals surface area (Å²) in [5.41, 5.74) is 0. The van der Waals surface area contributed by atoms with Crippen LogP contribution in [0.15, 0.2) is 6.20 Å². The summed E-state index contributed by atoms with van der Waals surface area (Å²) in [6.45, 7) is 9.71. The normalized spacial score (nSPS) is 10.9. The Morgan fingerprint density at radius 2 is 2.05 bits per heavy atom. The lowest BCUT2D eigenvalue weighted by molar-refractivity contribution is -0.138. The first-order chi connectivity index (χ1) is 9.10. The third-order valence-corrected chi connectivity index (χ3v) is 3.90. The van der Waals surface area contributed by atoms with Gasteiger partial charge in [-0.05, 0) is 26.8 Å². The van der Waals surface area contributed by atoms with E-state index in [1.54, 1.807) is 11.3 Å². The molecule has 0 aliphatic carbocycles. The maximum Gasteiger partial charge on any atom is 0.317 e. The number of hydrogen-bond donors (Lipinski definition) is 1. The number of aliphatic carboxylic acids is 1. The lowest BCUT2D eigenvalue weighted by Gasteiger charge is -2.18. The Bertz CT molecular complexity index is 391. The summed E-state index contributed by atoms with van der Waals surface area (Å²) in [5.74, 6) is -0.776. The number of carboxylic acids is 1. The van der Waals surface area contributed by atoms with E-state index in [0.717, 1.165) is 36.1 Å². The summed E-state index contributed by atoms with van der Waals surface area (Å²) < 4.78 is 0. The molecule has 0 aromatic carbocycles. The average molecular weight is 285 g/mol. The van der Waals surface area contributed by atoms with Crippen LogP contribution in [0.2, 0.25) is 0 Å². The van der Waals surface area contributed by atoms with Crippen LogP contribution >= 0.6 is 11.3 Å². The van der Waals surface area contributed by atoms with E-state index in [0.29, 0.717) is 6.54 Å². The summed E-state index contributed by atoms with van der Waals surface area (Å²) in [6.07, 6.45) is 2.82. The van der Waals surface area contributed by atoms with E-state index in [1.165, 1.54) is 0 Å². The second-order valence-electron chi connectivity index (χ2n) is 4.39. The summed E-state index contributed by atoms with van der Waals surface area (Å²) in [5, 5.41) is 9.92. The summed E-state index contributed by atoms with van der Waals surface area (Å²) in [4.78, 5) is 20.5. The van der Waals surface area contributed by atoms with Crippen molar-refractivity contribution in [1.82, 2.24) is 9.88 Å². The second-order valence-corrected chi connectivity index (χ2v) is 5.48. The summed E-state index contributed by atoms with van der Waals surface area (Å²) in [7, 11) is 0. The van der Waals surface area contributed by atoms with Crippen molar-refractivity contribution in [3.8, 4) is 0 Å². The van der Waals surface area contributed by atoms with Crippen LogP contribution < -0.4 is 4.90 Å². The standard InChI is InChI=1S/C13H23N3O2S/c1-4-7-15(10-12(17)18)9-11-8-14-13(19-11)16(5-2)6-3/h8H,4-7,9-10H2,1-3H3,(H,17,18). The monoisotopic (exact) mass is 285 g/mol. The van der Waals surface area contributed by atoms with Gasteiger partial charge in [-0.25, -0.2) is 4.98 Å². The number of nitrogens with zero attached hydrogens (tertiary/aromatic N) is 3. The molecule has 0 unspecified atom stereocenters. The van der Waals surface area contributed by atoms with Crippen LogP contribution in [0.1, 0.15) is 32.1 Å². The maximum atomic E-state index is 10.8. The molecule has 0 radical (unpaired) electrons. The van der Waals surface area contributed by atoms with E-state index >= 15 is 0 Å². The molecular weight excluding hydrogens is 262 g/mol. The molecule has 1 aromatic rings. The summed E-state index contributed by atoms with van der Waals surface area (Å²) >= 11 is 1.65. The molecular formula is C13H23N3O2S. The van der Waals surface area contributed by atoms with Crippen molar-refractivity contribution in [1.29, 1.82) is 0 Å². The Kier molecular flexibility index (Phi) is 6.80. The molecule has 108 valence electrons. The molecule has 0 fully saturated rings. The fourth-order valence-electron chi connectivity index (χ4n) is 1.95. The topological polar surface area (TPSA) is 56.7 Å². The maximum absolute atomic E-state index is 10.8. The van der Waals surface area contributed by atoms with Crippen LogP contribution in [-0.4, -0.2) is 47.1 Å². The predicted molar refractivity (Wildman–Crippen MR) is 78.9 cm³/mol. The van der Waals surface area contributed by atoms with Crippen LogP contribution in [0.4, 0.5) is 5.13 Å². The minimum absolute atomic E-state index is 0.0896. The first-order valence-corrected chi connectivity index (χ1v) is 7.56. The van der Waals surface area contributed by atoms with Crippen molar-refractivity contribution in [2.24, 2.45) is 0 Å². The van der Waals surface area contributed by atoms with Crippen molar-refractivity contribution in [2.45, 2.75) is 33.7 Å². The van der Waals surface area contributed by atoms with Gasteiger partial charge in [0, 0.05) is 30.7 Å². The Balaban J connectivity index is 2.66. The molecule has 1 heterocycles. The third kappa shape index (κ3) is 5.16. The van der Waals surface area contributed by atoms with Crippen molar-refractivity contribution in [2.75, 3.05) is 31.1 Å². The highest BCUT2D eigenvalue weighted by atomic mass is 32.1. The van der Waals surface area contributed by atoms with Gasteiger partial charge in [0.2, 0.25) is 0 Å². The highest BCUT2D eigenvalue weighted by Crippen LogP contribution is 2.23. The van der Waals surface area contributed by atoms with Gasteiger partial charge in [0.1, 0.15) is 0 Å². The van der Waals surface area contributed by atoms with Gasteiger partial charge in [-0.15, -0.1) is 11.3 Å². The average Bonchev–Trinajstić information content (AvgIpc) is 2.78. The minimum atomic E-state index is -0.776. The van der Waals surface area contributed by atoms with Crippen molar-refractivity contribution in [3.63, 3.8) is 0 Å². The number of anilines is 1. The number of carboxylic acid groups (broad SMARTS) is 1. The van der Waals surface area contributed by atoms with Gasteiger partial charge in [-0.1, -0.05) is 6.92 Å². The number of rotatable bonds is 9. The van der Waals surface area contributed by atoms with Gasteiger partial charge in [-0.3, -0.25) is 9.69 Å². The fourth-order valence-corrected chi connectivity index (χ4v) is 3.03. The second kappa shape index (κ2) is 8.12. The molecule has 5 nitrogen and oxygen atoms in total. The molecule has 0 bridgehead atoms. The van der Waals surface area contributed by atoms with Gasteiger partial charge in [-0.2, -0.15) is 0 Å². The van der Waals surface area contributed by atoms with Gasteiger partial charge in [0.15, 0.2) is 5.13 Å². The molecule has 1 rings (SSSR count). The van der Waals surface area contributed by atoms with E-state index in [2.05, 4.69) is 30.7 Å². The van der Waals surface area contributed by atoms with E-state index in [1.807, 2.05) is 11.1 Å². The predicted octanol–water partition coefficient (Wildman–Crippen LogP) is 2.29. The number of carbonyl (C=O) groups is 1. The van der Waals surface area contributed by atoms with E-state index in [-0.39, 0.29) is 6.54 Å². The van der Waals surface area contributed by atoms with Gasteiger partial charge in [0.05, 0.1) is 6.54 Å². The fraction of sp³-hybridized carbons (Fsp3) is 0.692. The first-order valence-electron chi connectivity index (χ1n) is 6.74. The Morgan fingerprint density at radius 1 is 1.37 bits per heavy atom. The number of thiazole rings is 1. The van der Waals surface area contributed by atoms with E-state index in [4.69, 9.17) is 5.11 Å². The number of hydrogen-bond acceptors (Lipinski definition) is 5. The van der Waals surface area contributed by atoms with Crippen LogP contribution in [0, 0.1) is 0 Å². The Morgan fingerprint density at radius 3 is 2.58 bits per heavy atom. The molecule has 0 saturated carbocycles. The molecule has 1 aromatic heterocycles. The van der Waals surface area contributed by atoms with Crippen molar-refractivity contribution in [3.05, 3.63) is 11.1 Å². The number of aromatic nitrogens is 1.